The van der Waals surface area contributed by atoms with Crippen LogP contribution in [0.2, 0.25) is 0 Å². The van der Waals surface area contributed by atoms with Gasteiger partial charge in [-0.1, -0.05) is 13.3 Å². The number of hydrogen-bond acceptors (Lipinski definition) is 4. The van der Waals surface area contributed by atoms with Crippen LogP contribution in [-0.2, 0) is 19.1 Å². The molecule has 0 aromatic heterocycles. The van der Waals surface area contributed by atoms with Gasteiger partial charge >= 0.3 is 11.9 Å². The Hall–Kier alpha value is -1.10. The van der Waals surface area contributed by atoms with E-state index in [4.69, 9.17) is 9.47 Å². The quantitative estimate of drug-likeness (QED) is 0.389. The maximum absolute atomic E-state index is 12.4. The molecule has 0 N–H and O–H groups in total. The fraction of sp³-hybridized carbons (Fsp3) is 0.889. The summed E-state index contributed by atoms with van der Waals surface area (Å²) in [5.41, 5.74) is 0. The summed E-state index contributed by atoms with van der Waals surface area (Å²) in [6.45, 7) is 4.84. The van der Waals surface area contributed by atoms with Crippen molar-refractivity contribution in [2.45, 2.75) is 45.1 Å². The molecule has 5 atom stereocenters. The predicted octanol–water partition coefficient (Wildman–Crippen LogP) is 1.99. The molecule has 2 bridgehead atoms. The highest BCUT2D eigenvalue weighted by Gasteiger charge is 2.64. The molecule has 0 aromatic rings. The zero-order chi connectivity index (χ0) is 16.6. The van der Waals surface area contributed by atoms with Crippen LogP contribution in [0, 0.1) is 23.7 Å². The minimum Gasteiger partial charge on any atom is -0.465 e. The lowest BCUT2D eigenvalue weighted by atomic mass is 9.80. The Balaban J connectivity index is 1.43. The van der Waals surface area contributed by atoms with Crippen LogP contribution in [-0.4, -0.2) is 56.3 Å². The lowest BCUT2D eigenvalue weighted by Crippen LogP contribution is -2.41. The summed E-state index contributed by atoms with van der Waals surface area (Å²) >= 11 is 0. The Labute approximate surface area is 138 Å². The second-order valence-electron chi connectivity index (χ2n) is 8.18. The van der Waals surface area contributed by atoms with E-state index in [0.717, 1.165) is 36.8 Å². The number of fused-ring (bicyclic) bond motifs is 1. The summed E-state index contributed by atoms with van der Waals surface area (Å²) < 4.78 is 11.9. The predicted molar refractivity (Wildman–Crippen MR) is 85.4 cm³/mol. The van der Waals surface area contributed by atoms with Crippen molar-refractivity contribution in [3.63, 3.8) is 0 Å². The molecule has 1 aliphatic heterocycles. The van der Waals surface area contributed by atoms with Crippen LogP contribution in [0.5, 0.6) is 0 Å². The molecule has 0 radical (unpaired) electrons. The van der Waals surface area contributed by atoms with E-state index >= 15 is 0 Å². The molecule has 0 aromatic carbocycles. The number of carbonyl (C=O) groups excluding carboxylic acids is 2. The molecule has 3 fully saturated rings. The Kier molecular flexibility index (Phi) is 4.68. The third kappa shape index (κ3) is 3.25. The number of unbranched alkanes of at least 4 members (excludes halogenated alkanes) is 1. The largest absolute Gasteiger partial charge is 0.465 e. The third-order valence-corrected chi connectivity index (χ3v) is 6.02. The van der Waals surface area contributed by atoms with Crippen molar-refractivity contribution in [2.75, 3.05) is 33.8 Å². The fourth-order valence-electron chi connectivity index (χ4n) is 4.78. The molecule has 5 nitrogen and oxygen atoms in total. The van der Waals surface area contributed by atoms with E-state index < -0.39 is 0 Å². The minimum absolute atomic E-state index is 0.0817. The Bertz CT molecular complexity index is 474. The molecule has 3 rings (SSSR count). The fourth-order valence-corrected chi connectivity index (χ4v) is 4.78. The number of nitrogens with zero attached hydrogens (tertiary/aromatic N) is 1. The molecule has 1 saturated heterocycles. The average molecular weight is 324 g/mol. The minimum atomic E-state index is -0.242. The van der Waals surface area contributed by atoms with Crippen LogP contribution < -0.4 is 0 Å². The van der Waals surface area contributed by atoms with Crippen LogP contribution >= 0.6 is 0 Å². The number of ether oxygens (including phenoxy) is 2. The van der Waals surface area contributed by atoms with Crippen molar-refractivity contribution in [3.8, 4) is 0 Å². The number of hydrogen-bond donors (Lipinski definition) is 0. The van der Waals surface area contributed by atoms with Gasteiger partial charge in [-0.3, -0.25) is 9.59 Å². The van der Waals surface area contributed by atoms with Gasteiger partial charge in [0.25, 0.3) is 0 Å². The van der Waals surface area contributed by atoms with E-state index in [1.165, 1.54) is 12.8 Å². The molecular formula is C18H30NO4+. The van der Waals surface area contributed by atoms with E-state index in [2.05, 4.69) is 21.0 Å². The van der Waals surface area contributed by atoms with Crippen molar-refractivity contribution in [1.82, 2.24) is 0 Å². The Morgan fingerprint density at radius 3 is 2.74 bits per heavy atom. The Morgan fingerprint density at radius 1 is 1.26 bits per heavy atom. The Morgan fingerprint density at radius 2 is 2.00 bits per heavy atom. The molecule has 2 aliphatic carbocycles. The van der Waals surface area contributed by atoms with Crippen LogP contribution in [0.4, 0.5) is 0 Å². The van der Waals surface area contributed by atoms with Gasteiger partial charge in [-0.15, -0.1) is 0 Å². The lowest BCUT2D eigenvalue weighted by molar-refractivity contribution is -0.890. The first-order valence-electron chi connectivity index (χ1n) is 9.12. The number of esters is 2. The van der Waals surface area contributed by atoms with Crippen LogP contribution in [0.25, 0.3) is 0 Å². The maximum atomic E-state index is 12.4. The molecule has 5 unspecified atom stereocenters. The summed E-state index contributed by atoms with van der Waals surface area (Å²) in [4.78, 5) is 24.4. The van der Waals surface area contributed by atoms with E-state index in [1.54, 1.807) is 0 Å². The molecule has 0 amide bonds. The van der Waals surface area contributed by atoms with E-state index in [0.29, 0.717) is 12.5 Å². The molecular weight excluding hydrogens is 294 g/mol. The summed E-state index contributed by atoms with van der Waals surface area (Å²) in [5.74, 6) is -0.227. The molecule has 5 heteroatoms. The van der Waals surface area contributed by atoms with Crippen LogP contribution in [0.1, 0.15) is 39.0 Å². The molecule has 130 valence electrons. The van der Waals surface area contributed by atoms with E-state index in [-0.39, 0.29) is 35.8 Å². The lowest BCUT2D eigenvalue weighted by Gasteiger charge is -2.30. The topological polar surface area (TPSA) is 52.6 Å². The monoisotopic (exact) mass is 324 g/mol. The number of quaternary nitrogens is 1. The van der Waals surface area contributed by atoms with Gasteiger partial charge in [-0.25, -0.2) is 0 Å². The molecule has 2 saturated carbocycles. The van der Waals surface area contributed by atoms with Gasteiger partial charge in [-0.05, 0) is 25.2 Å². The summed E-state index contributed by atoms with van der Waals surface area (Å²) in [7, 11) is 4.45. The standard InChI is InChI=1S/C18H30NO4/c1-4-5-7-19(2,3)8-6-9-22-17(20)15-12-10-13-14(11-12)23-18(21)16(13)15/h12-16H,4-11H2,1-3H3/q+1. The van der Waals surface area contributed by atoms with Gasteiger partial charge in [0, 0.05) is 12.3 Å². The highest BCUT2D eigenvalue weighted by molar-refractivity contribution is 5.85. The first-order valence-corrected chi connectivity index (χ1v) is 9.12. The SMILES string of the molecule is CCCC[N+](C)(C)CCCOC(=O)C1C2CC3OC(=O)C1C3C2. The zero-order valence-electron chi connectivity index (χ0n) is 14.6. The zero-order valence-corrected chi connectivity index (χ0v) is 14.6. The second kappa shape index (κ2) is 6.42. The van der Waals surface area contributed by atoms with Gasteiger partial charge in [-0.2, -0.15) is 0 Å². The van der Waals surface area contributed by atoms with Gasteiger partial charge in [0.05, 0.1) is 45.6 Å². The van der Waals surface area contributed by atoms with Crippen molar-refractivity contribution < 1.29 is 23.5 Å². The summed E-state index contributed by atoms with van der Waals surface area (Å²) in [6.07, 6.45) is 5.21. The molecule has 23 heavy (non-hydrogen) atoms. The van der Waals surface area contributed by atoms with Crippen molar-refractivity contribution >= 4 is 11.9 Å². The van der Waals surface area contributed by atoms with Gasteiger partial charge < -0.3 is 14.0 Å². The first-order chi connectivity index (χ1) is 10.9. The molecule has 1 heterocycles. The van der Waals surface area contributed by atoms with Gasteiger partial charge in [0.2, 0.25) is 0 Å². The van der Waals surface area contributed by atoms with E-state index in [9.17, 15) is 9.59 Å². The first kappa shape index (κ1) is 16.7. The summed E-state index contributed by atoms with van der Waals surface area (Å²) in [6, 6.07) is 0. The van der Waals surface area contributed by atoms with Crippen LogP contribution in [0.15, 0.2) is 0 Å². The third-order valence-electron chi connectivity index (χ3n) is 6.02. The van der Waals surface area contributed by atoms with Gasteiger partial charge in [0.15, 0.2) is 0 Å². The smallest absolute Gasteiger partial charge is 0.310 e. The highest BCUT2D eigenvalue weighted by Crippen LogP contribution is 2.57. The summed E-state index contributed by atoms with van der Waals surface area (Å²) in [5, 5.41) is 0. The van der Waals surface area contributed by atoms with E-state index in [1.807, 2.05) is 0 Å². The highest BCUT2D eigenvalue weighted by atomic mass is 16.6. The average Bonchev–Trinajstić information content (AvgIpc) is 3.11. The van der Waals surface area contributed by atoms with Crippen molar-refractivity contribution in [1.29, 1.82) is 0 Å². The van der Waals surface area contributed by atoms with Crippen molar-refractivity contribution in [3.05, 3.63) is 0 Å². The molecule has 0 spiro atoms. The second-order valence-corrected chi connectivity index (χ2v) is 8.18. The maximum Gasteiger partial charge on any atom is 0.310 e. The van der Waals surface area contributed by atoms with Gasteiger partial charge in [0.1, 0.15) is 6.10 Å². The molecule has 3 aliphatic rings. The van der Waals surface area contributed by atoms with Crippen molar-refractivity contribution in [2.24, 2.45) is 23.7 Å². The van der Waals surface area contributed by atoms with Crippen LogP contribution in [0.3, 0.4) is 0 Å². The normalized spacial score (nSPS) is 34.7. The number of rotatable bonds is 8. The number of carbonyl (C=O) groups is 2.